The van der Waals surface area contributed by atoms with Crippen molar-refractivity contribution in [2.45, 2.75) is 31.9 Å². The Morgan fingerprint density at radius 2 is 2.38 bits per heavy atom. The van der Waals surface area contributed by atoms with E-state index < -0.39 is 0 Å². The summed E-state index contributed by atoms with van der Waals surface area (Å²) in [4.78, 5) is 26.4. The van der Waals surface area contributed by atoms with E-state index in [1.807, 2.05) is 12.1 Å². The molecule has 24 heavy (non-hydrogen) atoms. The van der Waals surface area contributed by atoms with Gasteiger partial charge in [0.2, 0.25) is 0 Å². The first-order valence-electron chi connectivity index (χ1n) is 8.35. The highest BCUT2D eigenvalue weighted by atomic mass is 16.5. The summed E-state index contributed by atoms with van der Waals surface area (Å²) >= 11 is 0. The molecule has 0 aliphatic carbocycles. The zero-order valence-electron chi connectivity index (χ0n) is 13.4. The van der Waals surface area contributed by atoms with Gasteiger partial charge in [0.15, 0.2) is 0 Å². The number of nitrogens with zero attached hydrogens (tertiary/aromatic N) is 3. The van der Waals surface area contributed by atoms with Gasteiger partial charge in [-0.3, -0.25) is 14.7 Å². The van der Waals surface area contributed by atoms with Gasteiger partial charge in [0.25, 0.3) is 5.56 Å². The van der Waals surface area contributed by atoms with Crippen LogP contribution in [0.25, 0.3) is 11.4 Å². The summed E-state index contributed by atoms with van der Waals surface area (Å²) in [5.41, 5.74) is 2.47. The Bertz CT molecular complexity index is 800. The highest BCUT2D eigenvalue weighted by Crippen LogP contribution is 2.20. The normalized spacial score (nSPS) is 20.4. The quantitative estimate of drug-likeness (QED) is 0.933. The number of pyridine rings is 1. The average molecular weight is 324 g/mol. The van der Waals surface area contributed by atoms with Crippen LogP contribution >= 0.6 is 0 Å². The van der Waals surface area contributed by atoms with E-state index in [0.717, 1.165) is 49.2 Å². The number of hydrogen-bond acceptors (Lipinski definition) is 5. The summed E-state index contributed by atoms with van der Waals surface area (Å²) in [6, 6.07) is 3.75. The van der Waals surface area contributed by atoms with Crippen molar-refractivity contribution < 1.29 is 4.74 Å². The third-order valence-corrected chi connectivity index (χ3v) is 4.57. The SMILES string of the molecule is O=c1[nH]c(-c2cccnc2)nc2c1CN(C[C@@H]1CCC=CO1)CC2. The van der Waals surface area contributed by atoms with Crippen LogP contribution in [0.1, 0.15) is 24.1 Å². The van der Waals surface area contributed by atoms with Crippen molar-refractivity contribution in [2.24, 2.45) is 0 Å². The van der Waals surface area contributed by atoms with E-state index in [1.54, 1.807) is 18.7 Å². The summed E-state index contributed by atoms with van der Waals surface area (Å²) in [6.45, 7) is 2.39. The minimum Gasteiger partial charge on any atom is -0.497 e. The first kappa shape index (κ1) is 15.1. The number of aromatic amines is 1. The molecule has 2 aliphatic heterocycles. The van der Waals surface area contributed by atoms with Crippen LogP contribution in [0.4, 0.5) is 0 Å². The molecule has 2 aromatic heterocycles. The van der Waals surface area contributed by atoms with Crippen LogP contribution in [0.2, 0.25) is 0 Å². The maximum atomic E-state index is 12.5. The van der Waals surface area contributed by atoms with Crippen molar-refractivity contribution in [2.75, 3.05) is 13.1 Å². The molecule has 6 heteroatoms. The Kier molecular flexibility index (Phi) is 4.13. The second-order valence-corrected chi connectivity index (χ2v) is 6.27. The number of aromatic nitrogens is 3. The fourth-order valence-electron chi connectivity index (χ4n) is 3.28. The van der Waals surface area contributed by atoms with Crippen LogP contribution in [0.5, 0.6) is 0 Å². The monoisotopic (exact) mass is 324 g/mol. The number of ether oxygens (including phenoxy) is 1. The summed E-state index contributed by atoms with van der Waals surface area (Å²) in [6.07, 6.45) is 10.4. The van der Waals surface area contributed by atoms with Gasteiger partial charge in [-0.15, -0.1) is 0 Å². The molecular formula is C18H20N4O2. The predicted molar refractivity (Wildman–Crippen MR) is 90.3 cm³/mol. The highest BCUT2D eigenvalue weighted by molar-refractivity contribution is 5.53. The lowest BCUT2D eigenvalue weighted by atomic mass is 10.0. The average Bonchev–Trinajstić information content (AvgIpc) is 2.64. The van der Waals surface area contributed by atoms with Gasteiger partial charge in [-0.25, -0.2) is 4.98 Å². The molecule has 1 atom stereocenters. The zero-order valence-corrected chi connectivity index (χ0v) is 13.4. The van der Waals surface area contributed by atoms with E-state index in [4.69, 9.17) is 4.74 Å². The Balaban J connectivity index is 1.54. The van der Waals surface area contributed by atoms with Gasteiger partial charge in [-0.2, -0.15) is 0 Å². The van der Waals surface area contributed by atoms with Gasteiger partial charge in [0.1, 0.15) is 11.9 Å². The van der Waals surface area contributed by atoms with Gasteiger partial charge in [0.05, 0.1) is 17.5 Å². The highest BCUT2D eigenvalue weighted by Gasteiger charge is 2.24. The molecule has 1 N–H and O–H groups in total. The molecule has 0 saturated carbocycles. The third-order valence-electron chi connectivity index (χ3n) is 4.57. The fraction of sp³-hybridized carbons (Fsp3) is 0.389. The smallest absolute Gasteiger partial charge is 0.255 e. The molecule has 4 heterocycles. The van der Waals surface area contributed by atoms with Crippen molar-refractivity contribution >= 4 is 0 Å². The van der Waals surface area contributed by atoms with Crippen molar-refractivity contribution in [1.29, 1.82) is 0 Å². The van der Waals surface area contributed by atoms with Crippen molar-refractivity contribution in [3.8, 4) is 11.4 Å². The summed E-state index contributed by atoms with van der Waals surface area (Å²) in [5.74, 6) is 0.598. The fourth-order valence-corrected chi connectivity index (χ4v) is 3.28. The Morgan fingerprint density at radius 3 is 3.17 bits per heavy atom. The van der Waals surface area contributed by atoms with Crippen LogP contribution in [0.3, 0.4) is 0 Å². The van der Waals surface area contributed by atoms with Crippen LogP contribution in [0.15, 0.2) is 41.7 Å². The lowest BCUT2D eigenvalue weighted by molar-refractivity contribution is 0.0733. The first-order chi connectivity index (χ1) is 11.8. The van der Waals surface area contributed by atoms with Gasteiger partial charge in [-0.05, 0) is 31.1 Å². The molecule has 0 radical (unpaired) electrons. The Labute approximate surface area is 140 Å². The molecule has 2 aromatic rings. The predicted octanol–water partition coefficient (Wildman–Crippen LogP) is 1.88. The van der Waals surface area contributed by atoms with Crippen molar-refractivity contribution in [1.82, 2.24) is 19.9 Å². The molecule has 124 valence electrons. The number of hydrogen-bond donors (Lipinski definition) is 1. The maximum Gasteiger partial charge on any atom is 0.255 e. The van der Waals surface area contributed by atoms with Gasteiger partial charge >= 0.3 is 0 Å². The zero-order chi connectivity index (χ0) is 16.4. The number of fused-ring (bicyclic) bond motifs is 1. The molecule has 0 spiro atoms. The van der Waals surface area contributed by atoms with Crippen LogP contribution < -0.4 is 5.56 Å². The van der Waals surface area contributed by atoms with E-state index in [9.17, 15) is 4.79 Å². The summed E-state index contributed by atoms with van der Waals surface area (Å²) < 4.78 is 5.65. The first-order valence-corrected chi connectivity index (χ1v) is 8.35. The number of allylic oxidation sites excluding steroid dienone is 1. The van der Waals surface area contributed by atoms with Crippen LogP contribution in [0, 0.1) is 0 Å². The summed E-state index contributed by atoms with van der Waals surface area (Å²) in [5, 5.41) is 0. The number of nitrogens with one attached hydrogen (secondary N) is 1. The van der Waals surface area contributed by atoms with Gasteiger partial charge in [-0.1, -0.05) is 0 Å². The molecule has 0 amide bonds. The van der Waals surface area contributed by atoms with Gasteiger partial charge in [0, 0.05) is 44.0 Å². The number of H-pyrrole nitrogens is 1. The van der Waals surface area contributed by atoms with E-state index in [-0.39, 0.29) is 11.7 Å². The molecule has 2 aliphatic rings. The van der Waals surface area contributed by atoms with E-state index in [1.165, 1.54) is 0 Å². The topological polar surface area (TPSA) is 71.1 Å². The molecule has 6 nitrogen and oxygen atoms in total. The van der Waals surface area contributed by atoms with Crippen LogP contribution in [-0.4, -0.2) is 39.0 Å². The van der Waals surface area contributed by atoms with Crippen molar-refractivity contribution in [3.05, 3.63) is 58.5 Å². The van der Waals surface area contributed by atoms with Crippen LogP contribution in [-0.2, 0) is 17.7 Å². The van der Waals surface area contributed by atoms with E-state index in [2.05, 4.69) is 25.9 Å². The molecule has 0 fully saturated rings. The second-order valence-electron chi connectivity index (χ2n) is 6.27. The lowest BCUT2D eigenvalue weighted by Crippen LogP contribution is -2.40. The minimum absolute atomic E-state index is 0.0481. The third kappa shape index (κ3) is 3.10. The minimum atomic E-state index is -0.0481. The number of rotatable bonds is 3. The van der Waals surface area contributed by atoms with Crippen molar-refractivity contribution in [3.63, 3.8) is 0 Å². The molecule has 0 bridgehead atoms. The molecule has 0 aromatic carbocycles. The maximum absolute atomic E-state index is 12.5. The van der Waals surface area contributed by atoms with E-state index >= 15 is 0 Å². The molecule has 4 rings (SSSR count). The van der Waals surface area contributed by atoms with E-state index in [0.29, 0.717) is 12.4 Å². The lowest BCUT2D eigenvalue weighted by Gasteiger charge is -2.31. The molecule has 0 saturated heterocycles. The summed E-state index contributed by atoms with van der Waals surface area (Å²) in [7, 11) is 0. The largest absolute Gasteiger partial charge is 0.497 e. The standard InChI is InChI=1S/C18H20N4O2/c23-18-15-12-22(11-14-5-1-2-9-24-14)8-6-16(15)20-17(21-18)13-4-3-7-19-10-13/h2-4,7,9-10,14H,1,5-6,8,11-12H2,(H,20,21,23)/t14-/m0/s1. The van der Waals surface area contributed by atoms with Gasteiger partial charge < -0.3 is 9.72 Å². The Morgan fingerprint density at radius 1 is 1.42 bits per heavy atom. The molecule has 0 unspecified atom stereocenters. The second kappa shape index (κ2) is 6.57. The Hall–Kier alpha value is -2.47. The molecular weight excluding hydrogens is 304 g/mol.